The van der Waals surface area contributed by atoms with Gasteiger partial charge in [-0.3, -0.25) is 4.79 Å². The van der Waals surface area contributed by atoms with Crippen molar-refractivity contribution in [3.05, 3.63) is 29.8 Å². The number of aliphatic imine (C=N–C) groups is 1. The van der Waals surface area contributed by atoms with Crippen LogP contribution in [0.15, 0.2) is 29.3 Å². The molecular formula is C15H21IN4O2. The number of nitrogens with one attached hydrogen (secondary N) is 2. The van der Waals surface area contributed by atoms with Gasteiger partial charge in [0.25, 0.3) is 0 Å². The Balaban J connectivity index is 0.00000176. The molecule has 1 aliphatic carbocycles. The molecule has 1 aromatic carbocycles. The number of fused-ring (bicyclic) bond motifs is 1. The van der Waals surface area contributed by atoms with E-state index in [2.05, 4.69) is 15.6 Å². The Hall–Kier alpha value is -1.51. The number of ether oxygens (including phenoxy) is 1. The number of carbonyl (C=O) groups is 1. The van der Waals surface area contributed by atoms with Crippen molar-refractivity contribution in [3.63, 3.8) is 0 Å². The molecular weight excluding hydrogens is 395 g/mol. The summed E-state index contributed by atoms with van der Waals surface area (Å²) in [7, 11) is 0. The summed E-state index contributed by atoms with van der Waals surface area (Å²) in [6.45, 7) is 0.713. The molecule has 0 spiro atoms. The van der Waals surface area contributed by atoms with E-state index in [1.807, 2.05) is 24.3 Å². The molecule has 0 aromatic heterocycles. The Morgan fingerprint density at radius 2 is 2.05 bits per heavy atom. The molecule has 1 heterocycles. The second-order valence-electron chi connectivity index (χ2n) is 5.42. The molecule has 7 heteroatoms. The van der Waals surface area contributed by atoms with Crippen LogP contribution < -0.4 is 21.1 Å². The minimum absolute atomic E-state index is 0. The van der Waals surface area contributed by atoms with Crippen molar-refractivity contribution < 1.29 is 9.53 Å². The molecule has 120 valence electrons. The molecule has 1 aromatic rings. The van der Waals surface area contributed by atoms with Gasteiger partial charge in [-0.1, -0.05) is 18.2 Å². The van der Waals surface area contributed by atoms with Gasteiger partial charge in [-0.05, 0) is 18.9 Å². The van der Waals surface area contributed by atoms with Gasteiger partial charge in [0.1, 0.15) is 12.3 Å². The van der Waals surface area contributed by atoms with Crippen molar-refractivity contribution in [2.75, 3.05) is 13.2 Å². The third-order valence-electron chi connectivity index (χ3n) is 3.62. The molecule has 3 rings (SSSR count). The normalized spacial score (nSPS) is 20.2. The zero-order valence-electron chi connectivity index (χ0n) is 12.2. The van der Waals surface area contributed by atoms with Crippen molar-refractivity contribution in [2.24, 2.45) is 10.7 Å². The largest absolute Gasteiger partial charge is 0.493 e. The zero-order valence-corrected chi connectivity index (χ0v) is 14.6. The van der Waals surface area contributed by atoms with Crippen LogP contribution in [0.2, 0.25) is 0 Å². The molecule has 1 fully saturated rings. The van der Waals surface area contributed by atoms with Crippen molar-refractivity contribution in [1.82, 2.24) is 10.6 Å². The smallest absolute Gasteiger partial charge is 0.242 e. The highest BCUT2D eigenvalue weighted by atomic mass is 127. The Morgan fingerprint density at radius 3 is 2.82 bits per heavy atom. The van der Waals surface area contributed by atoms with Gasteiger partial charge in [0.2, 0.25) is 5.91 Å². The minimum Gasteiger partial charge on any atom is -0.493 e. The molecule has 1 unspecified atom stereocenters. The number of halogens is 1. The number of guanidine groups is 1. The minimum atomic E-state index is -0.0744. The quantitative estimate of drug-likeness (QED) is 0.393. The topological polar surface area (TPSA) is 88.7 Å². The van der Waals surface area contributed by atoms with E-state index >= 15 is 0 Å². The van der Waals surface area contributed by atoms with E-state index in [1.165, 1.54) is 0 Å². The highest BCUT2D eigenvalue weighted by Gasteiger charge is 2.23. The van der Waals surface area contributed by atoms with E-state index in [1.54, 1.807) is 0 Å². The van der Waals surface area contributed by atoms with Crippen LogP contribution >= 0.6 is 24.0 Å². The predicted octanol–water partition coefficient (Wildman–Crippen LogP) is 1.31. The van der Waals surface area contributed by atoms with Crippen LogP contribution in [0.5, 0.6) is 5.75 Å². The van der Waals surface area contributed by atoms with Gasteiger partial charge in [-0.15, -0.1) is 24.0 Å². The maximum absolute atomic E-state index is 11.6. The summed E-state index contributed by atoms with van der Waals surface area (Å²) < 4.78 is 5.60. The number of benzene rings is 1. The van der Waals surface area contributed by atoms with Gasteiger partial charge in [-0.25, -0.2) is 4.99 Å². The average molecular weight is 416 g/mol. The third kappa shape index (κ3) is 4.49. The van der Waals surface area contributed by atoms with Crippen LogP contribution in [-0.4, -0.2) is 31.1 Å². The Kier molecular flexibility index (Phi) is 5.87. The number of para-hydroxylation sites is 1. The molecule has 1 saturated carbocycles. The maximum Gasteiger partial charge on any atom is 0.242 e. The molecule has 2 aliphatic rings. The first-order valence-corrected chi connectivity index (χ1v) is 7.30. The lowest BCUT2D eigenvalue weighted by molar-refractivity contribution is -0.119. The number of nitrogens with two attached hydrogens (primary N) is 1. The summed E-state index contributed by atoms with van der Waals surface area (Å²) in [5.74, 6) is 1.10. The van der Waals surface area contributed by atoms with Gasteiger partial charge >= 0.3 is 0 Å². The average Bonchev–Trinajstić information content (AvgIpc) is 3.29. The van der Waals surface area contributed by atoms with Crippen LogP contribution in [0.25, 0.3) is 0 Å². The summed E-state index contributed by atoms with van der Waals surface area (Å²) in [5, 5.41) is 6.05. The lowest BCUT2D eigenvalue weighted by atomic mass is 10.0. The summed E-state index contributed by atoms with van der Waals surface area (Å²) >= 11 is 0. The van der Waals surface area contributed by atoms with Gasteiger partial charge in [-0.2, -0.15) is 0 Å². The highest BCUT2D eigenvalue weighted by Crippen LogP contribution is 2.31. The number of hydrogen-bond donors (Lipinski definition) is 3. The molecule has 6 nitrogen and oxygen atoms in total. The molecule has 1 atom stereocenters. The van der Waals surface area contributed by atoms with Crippen LogP contribution in [-0.2, 0) is 4.79 Å². The summed E-state index contributed by atoms with van der Waals surface area (Å²) in [5.41, 5.74) is 6.95. The van der Waals surface area contributed by atoms with Crippen LogP contribution in [0.4, 0.5) is 0 Å². The molecule has 22 heavy (non-hydrogen) atoms. The lowest BCUT2D eigenvalue weighted by Crippen LogP contribution is -2.38. The SMILES string of the molecule is I.NC(=NCC(=O)NC1CC1)NC1CCOc2ccccc21. The molecule has 4 N–H and O–H groups in total. The van der Waals surface area contributed by atoms with E-state index in [0.29, 0.717) is 18.6 Å². The van der Waals surface area contributed by atoms with E-state index in [0.717, 1.165) is 30.6 Å². The Morgan fingerprint density at radius 1 is 1.27 bits per heavy atom. The van der Waals surface area contributed by atoms with Crippen LogP contribution in [0.1, 0.15) is 30.9 Å². The van der Waals surface area contributed by atoms with Crippen molar-refractivity contribution >= 4 is 35.8 Å². The van der Waals surface area contributed by atoms with Crippen molar-refractivity contribution in [3.8, 4) is 5.75 Å². The third-order valence-corrected chi connectivity index (χ3v) is 3.62. The molecule has 1 aliphatic heterocycles. The number of nitrogens with zero attached hydrogens (tertiary/aromatic N) is 1. The van der Waals surface area contributed by atoms with E-state index in [9.17, 15) is 4.79 Å². The standard InChI is InChI=1S/C15H20N4O2.HI/c16-15(17-9-14(20)18-10-5-6-10)19-12-7-8-21-13-4-2-1-3-11(12)13;/h1-4,10,12H,5-9H2,(H,18,20)(H3,16,17,19);1H. The predicted molar refractivity (Wildman–Crippen MR) is 95.5 cm³/mol. The van der Waals surface area contributed by atoms with Crippen LogP contribution in [0.3, 0.4) is 0 Å². The van der Waals surface area contributed by atoms with E-state index in [4.69, 9.17) is 10.5 Å². The molecule has 0 radical (unpaired) electrons. The summed E-state index contributed by atoms with van der Waals surface area (Å²) in [6, 6.07) is 8.30. The summed E-state index contributed by atoms with van der Waals surface area (Å²) in [6.07, 6.45) is 2.96. The zero-order chi connectivity index (χ0) is 14.7. The van der Waals surface area contributed by atoms with Crippen molar-refractivity contribution in [2.45, 2.75) is 31.3 Å². The number of rotatable bonds is 4. The lowest BCUT2D eigenvalue weighted by Gasteiger charge is -2.26. The second kappa shape index (κ2) is 7.66. The highest BCUT2D eigenvalue weighted by molar-refractivity contribution is 14.0. The molecule has 0 bridgehead atoms. The maximum atomic E-state index is 11.6. The first-order chi connectivity index (χ1) is 10.2. The van der Waals surface area contributed by atoms with E-state index < -0.39 is 0 Å². The van der Waals surface area contributed by atoms with Gasteiger partial charge in [0, 0.05) is 18.0 Å². The monoisotopic (exact) mass is 416 g/mol. The fourth-order valence-corrected chi connectivity index (χ4v) is 2.37. The van der Waals surface area contributed by atoms with Gasteiger partial charge < -0.3 is 21.1 Å². The van der Waals surface area contributed by atoms with Gasteiger partial charge in [0.05, 0.1) is 12.6 Å². The number of hydrogen-bond acceptors (Lipinski definition) is 3. The van der Waals surface area contributed by atoms with Crippen LogP contribution in [0, 0.1) is 0 Å². The molecule has 1 amide bonds. The Labute approximate surface area is 146 Å². The fraction of sp³-hybridized carbons (Fsp3) is 0.467. The van der Waals surface area contributed by atoms with E-state index in [-0.39, 0.29) is 42.5 Å². The second-order valence-corrected chi connectivity index (χ2v) is 5.42. The number of amides is 1. The van der Waals surface area contributed by atoms with Gasteiger partial charge in [0.15, 0.2) is 5.96 Å². The fourth-order valence-electron chi connectivity index (χ4n) is 2.37. The molecule has 0 saturated heterocycles. The first kappa shape index (κ1) is 16.9. The first-order valence-electron chi connectivity index (χ1n) is 7.30. The van der Waals surface area contributed by atoms with Crippen molar-refractivity contribution in [1.29, 1.82) is 0 Å². The number of carbonyl (C=O) groups excluding carboxylic acids is 1. The Bertz CT molecular complexity index is 560. The summed E-state index contributed by atoms with van der Waals surface area (Å²) in [4.78, 5) is 15.7.